The minimum absolute atomic E-state index is 0.0270. The minimum Gasteiger partial charge on any atom is -0.494 e. The summed E-state index contributed by atoms with van der Waals surface area (Å²) in [6.07, 6.45) is 0. The number of hydrogen-bond acceptors (Lipinski definition) is 5. The molecule has 0 heterocycles. The number of carbonyl (C=O) groups excluding carboxylic acids is 1. The number of carbonyl (C=O) groups is 1. The van der Waals surface area contributed by atoms with Gasteiger partial charge in [-0.25, -0.2) is 0 Å². The second kappa shape index (κ2) is 6.57. The van der Waals surface area contributed by atoms with Crippen LogP contribution in [0.15, 0.2) is 42.5 Å². The van der Waals surface area contributed by atoms with E-state index in [1.807, 2.05) is 6.92 Å². The summed E-state index contributed by atoms with van der Waals surface area (Å²) >= 11 is 0. The largest absolute Gasteiger partial charge is 0.494 e. The first kappa shape index (κ1) is 15.3. The van der Waals surface area contributed by atoms with Gasteiger partial charge in [-0.2, -0.15) is 0 Å². The molecule has 0 fully saturated rings. The molecule has 0 aliphatic heterocycles. The van der Waals surface area contributed by atoms with Crippen molar-refractivity contribution in [2.75, 3.05) is 6.61 Å². The van der Waals surface area contributed by atoms with Crippen LogP contribution in [0.3, 0.4) is 0 Å². The molecule has 0 saturated heterocycles. The lowest BCUT2D eigenvalue weighted by molar-refractivity contribution is -0.385. The van der Waals surface area contributed by atoms with Crippen molar-refractivity contribution in [3.05, 3.63) is 58.1 Å². The number of nitro benzene ring substituents is 1. The normalized spacial score (nSPS) is 10.0. The topological polar surface area (TPSA) is 105 Å². The van der Waals surface area contributed by atoms with Gasteiger partial charge in [0.2, 0.25) is 11.7 Å². The van der Waals surface area contributed by atoms with Gasteiger partial charge < -0.3 is 15.2 Å². The van der Waals surface area contributed by atoms with E-state index >= 15 is 0 Å². The Balaban J connectivity index is 2.28. The number of nitrogens with two attached hydrogens (primary N) is 1. The van der Waals surface area contributed by atoms with Crippen LogP contribution in [-0.2, 0) is 0 Å². The van der Waals surface area contributed by atoms with Gasteiger partial charge in [0.05, 0.1) is 11.5 Å². The Bertz CT molecular complexity index is 698. The van der Waals surface area contributed by atoms with E-state index in [1.165, 1.54) is 12.1 Å². The van der Waals surface area contributed by atoms with Crippen LogP contribution < -0.4 is 15.2 Å². The van der Waals surface area contributed by atoms with Gasteiger partial charge in [-0.05, 0) is 43.3 Å². The number of primary amides is 1. The molecule has 0 aliphatic carbocycles. The Kier molecular flexibility index (Phi) is 4.57. The van der Waals surface area contributed by atoms with E-state index in [2.05, 4.69) is 0 Å². The molecule has 0 aromatic heterocycles. The first-order valence-corrected chi connectivity index (χ1v) is 6.50. The van der Waals surface area contributed by atoms with Crippen LogP contribution in [0.4, 0.5) is 5.69 Å². The lowest BCUT2D eigenvalue weighted by Crippen LogP contribution is -2.11. The van der Waals surface area contributed by atoms with Crippen molar-refractivity contribution in [3.8, 4) is 17.2 Å². The van der Waals surface area contributed by atoms with Crippen molar-refractivity contribution < 1.29 is 19.2 Å². The molecule has 0 atom stereocenters. The van der Waals surface area contributed by atoms with Crippen molar-refractivity contribution >= 4 is 11.6 Å². The zero-order valence-electron chi connectivity index (χ0n) is 11.8. The highest BCUT2D eigenvalue weighted by molar-refractivity contribution is 5.93. The predicted molar refractivity (Wildman–Crippen MR) is 79.3 cm³/mol. The summed E-state index contributed by atoms with van der Waals surface area (Å²) in [6.45, 7) is 2.41. The van der Waals surface area contributed by atoms with E-state index in [-0.39, 0.29) is 17.0 Å². The van der Waals surface area contributed by atoms with Crippen LogP contribution in [0.25, 0.3) is 0 Å². The van der Waals surface area contributed by atoms with Crippen molar-refractivity contribution in [2.24, 2.45) is 5.73 Å². The molecule has 114 valence electrons. The van der Waals surface area contributed by atoms with E-state index in [0.717, 1.165) is 6.07 Å². The summed E-state index contributed by atoms with van der Waals surface area (Å²) in [5.41, 5.74) is 4.83. The number of ether oxygens (including phenoxy) is 2. The molecule has 2 aromatic carbocycles. The molecule has 0 unspecified atom stereocenters. The highest BCUT2D eigenvalue weighted by atomic mass is 16.6. The molecule has 0 spiro atoms. The maximum absolute atomic E-state index is 11.1. The number of amides is 1. The van der Waals surface area contributed by atoms with E-state index in [0.29, 0.717) is 18.1 Å². The summed E-state index contributed by atoms with van der Waals surface area (Å²) in [4.78, 5) is 21.5. The molecular formula is C15H14N2O5. The Hall–Kier alpha value is -3.09. The molecule has 2 N–H and O–H groups in total. The van der Waals surface area contributed by atoms with Gasteiger partial charge in [-0.3, -0.25) is 14.9 Å². The summed E-state index contributed by atoms with van der Waals surface area (Å²) in [7, 11) is 0. The maximum Gasteiger partial charge on any atom is 0.312 e. The summed E-state index contributed by atoms with van der Waals surface area (Å²) in [5, 5.41) is 11.1. The lowest BCUT2D eigenvalue weighted by atomic mass is 10.2. The first-order valence-electron chi connectivity index (χ1n) is 6.50. The van der Waals surface area contributed by atoms with Gasteiger partial charge in [0.15, 0.2) is 0 Å². The van der Waals surface area contributed by atoms with Gasteiger partial charge in [-0.1, -0.05) is 0 Å². The fourth-order valence-corrected chi connectivity index (χ4v) is 1.80. The second-order valence-corrected chi connectivity index (χ2v) is 4.31. The number of benzene rings is 2. The molecule has 2 aromatic rings. The molecule has 7 nitrogen and oxygen atoms in total. The molecule has 0 radical (unpaired) electrons. The number of hydrogen-bond donors (Lipinski definition) is 1. The van der Waals surface area contributed by atoms with E-state index in [4.69, 9.17) is 15.2 Å². The Morgan fingerprint density at radius 3 is 2.36 bits per heavy atom. The van der Waals surface area contributed by atoms with Crippen LogP contribution in [-0.4, -0.2) is 17.4 Å². The zero-order chi connectivity index (χ0) is 16.1. The third kappa shape index (κ3) is 3.51. The van der Waals surface area contributed by atoms with Crippen molar-refractivity contribution in [2.45, 2.75) is 6.92 Å². The van der Waals surface area contributed by atoms with Gasteiger partial charge in [-0.15, -0.1) is 0 Å². The quantitative estimate of drug-likeness (QED) is 0.652. The average molecular weight is 302 g/mol. The van der Waals surface area contributed by atoms with E-state index in [9.17, 15) is 14.9 Å². The van der Waals surface area contributed by atoms with Gasteiger partial charge in [0.1, 0.15) is 11.5 Å². The minimum atomic E-state index is -0.740. The smallest absolute Gasteiger partial charge is 0.312 e. The van der Waals surface area contributed by atoms with Crippen molar-refractivity contribution in [1.29, 1.82) is 0 Å². The standard InChI is InChI=1S/C15H14N2O5/c1-2-21-11-4-6-12(7-5-11)22-14-8-3-10(15(16)18)9-13(14)17(19)20/h3-9H,2H2,1H3,(H2,16,18). The molecule has 7 heteroatoms. The summed E-state index contributed by atoms with van der Waals surface area (Å²) in [6, 6.07) is 10.5. The van der Waals surface area contributed by atoms with Gasteiger partial charge in [0, 0.05) is 11.6 Å². The van der Waals surface area contributed by atoms with Crippen LogP contribution >= 0.6 is 0 Å². The molecular weight excluding hydrogens is 288 g/mol. The second-order valence-electron chi connectivity index (χ2n) is 4.31. The Morgan fingerprint density at radius 1 is 1.18 bits per heavy atom. The fourth-order valence-electron chi connectivity index (χ4n) is 1.80. The molecule has 1 amide bonds. The maximum atomic E-state index is 11.1. The molecule has 22 heavy (non-hydrogen) atoms. The highest BCUT2D eigenvalue weighted by Gasteiger charge is 2.18. The third-order valence-corrected chi connectivity index (χ3v) is 2.80. The summed E-state index contributed by atoms with van der Waals surface area (Å²) < 4.78 is 10.8. The Morgan fingerprint density at radius 2 is 1.82 bits per heavy atom. The molecule has 0 bridgehead atoms. The SMILES string of the molecule is CCOc1ccc(Oc2ccc(C(N)=O)cc2[N+](=O)[O-])cc1. The fraction of sp³-hybridized carbons (Fsp3) is 0.133. The van der Waals surface area contributed by atoms with Gasteiger partial charge >= 0.3 is 5.69 Å². The Labute approximate surface area is 126 Å². The monoisotopic (exact) mass is 302 g/mol. The van der Waals surface area contributed by atoms with Gasteiger partial charge in [0.25, 0.3) is 0 Å². The first-order chi connectivity index (χ1) is 10.5. The van der Waals surface area contributed by atoms with E-state index in [1.54, 1.807) is 24.3 Å². The van der Waals surface area contributed by atoms with Crippen LogP contribution in [0.5, 0.6) is 17.2 Å². The van der Waals surface area contributed by atoms with Crippen molar-refractivity contribution in [3.63, 3.8) is 0 Å². The third-order valence-electron chi connectivity index (χ3n) is 2.80. The van der Waals surface area contributed by atoms with Crippen LogP contribution in [0, 0.1) is 10.1 Å². The zero-order valence-corrected chi connectivity index (χ0v) is 11.8. The highest BCUT2D eigenvalue weighted by Crippen LogP contribution is 2.32. The average Bonchev–Trinajstić information content (AvgIpc) is 2.49. The van der Waals surface area contributed by atoms with Crippen molar-refractivity contribution in [1.82, 2.24) is 0 Å². The lowest BCUT2D eigenvalue weighted by Gasteiger charge is -2.08. The summed E-state index contributed by atoms with van der Waals surface area (Å²) in [5.74, 6) is 0.377. The molecule has 0 saturated carbocycles. The number of nitro groups is 1. The van der Waals surface area contributed by atoms with Crippen LogP contribution in [0.1, 0.15) is 17.3 Å². The van der Waals surface area contributed by atoms with E-state index < -0.39 is 10.8 Å². The number of rotatable bonds is 6. The van der Waals surface area contributed by atoms with Crippen LogP contribution in [0.2, 0.25) is 0 Å². The predicted octanol–water partition coefficient (Wildman–Crippen LogP) is 2.88. The molecule has 2 rings (SSSR count). The number of nitrogens with zero attached hydrogens (tertiary/aromatic N) is 1. The molecule has 0 aliphatic rings.